The Bertz CT molecular complexity index is 701. The standard InChI is InChI=1S/C14H14ClFN4O2/c1-21-13-10(6-17-14(18-13)22-2)11-4-9(12(15)20-19-11)8-3-7(8)5-16/h4,6-8H,3,5H2,1-2H3/t7-,8+/m0/s1. The second-order valence-electron chi connectivity index (χ2n) is 5.01. The van der Waals surface area contributed by atoms with Gasteiger partial charge >= 0.3 is 6.01 Å². The summed E-state index contributed by atoms with van der Waals surface area (Å²) in [7, 11) is 2.97. The van der Waals surface area contributed by atoms with Gasteiger partial charge in [-0.1, -0.05) is 11.6 Å². The SMILES string of the molecule is COc1ncc(-c2cc([C@@H]3C[C@H]3CF)c(Cl)nn2)c(OC)n1. The van der Waals surface area contributed by atoms with Crippen molar-refractivity contribution in [2.24, 2.45) is 5.92 Å². The number of methoxy groups -OCH3 is 2. The van der Waals surface area contributed by atoms with E-state index in [9.17, 15) is 4.39 Å². The normalized spacial score (nSPS) is 19.8. The van der Waals surface area contributed by atoms with Crippen molar-refractivity contribution in [2.75, 3.05) is 20.9 Å². The Labute approximate surface area is 131 Å². The summed E-state index contributed by atoms with van der Waals surface area (Å²) in [4.78, 5) is 8.17. The van der Waals surface area contributed by atoms with E-state index in [2.05, 4.69) is 20.2 Å². The summed E-state index contributed by atoms with van der Waals surface area (Å²) in [5, 5.41) is 8.32. The number of rotatable bonds is 5. The van der Waals surface area contributed by atoms with E-state index in [0.29, 0.717) is 22.3 Å². The fourth-order valence-electron chi connectivity index (χ4n) is 2.36. The van der Waals surface area contributed by atoms with Crippen molar-refractivity contribution in [1.82, 2.24) is 20.2 Å². The number of nitrogens with zero attached hydrogens (tertiary/aromatic N) is 4. The summed E-state index contributed by atoms with van der Waals surface area (Å²) >= 11 is 6.08. The van der Waals surface area contributed by atoms with Gasteiger partial charge in [0.15, 0.2) is 5.15 Å². The lowest BCUT2D eigenvalue weighted by atomic mass is 10.1. The number of alkyl halides is 1. The first-order chi connectivity index (χ1) is 10.7. The molecule has 2 aromatic heterocycles. The maximum absolute atomic E-state index is 12.7. The highest BCUT2D eigenvalue weighted by atomic mass is 35.5. The first kappa shape index (κ1) is 14.9. The first-order valence-corrected chi connectivity index (χ1v) is 7.10. The molecule has 2 atom stereocenters. The summed E-state index contributed by atoms with van der Waals surface area (Å²) in [5.41, 5.74) is 1.90. The van der Waals surface area contributed by atoms with Crippen LogP contribution in [0.1, 0.15) is 17.9 Å². The highest BCUT2D eigenvalue weighted by molar-refractivity contribution is 6.30. The van der Waals surface area contributed by atoms with E-state index in [1.165, 1.54) is 14.2 Å². The Hall–Kier alpha value is -2.02. The van der Waals surface area contributed by atoms with Gasteiger partial charge in [-0.25, -0.2) is 4.98 Å². The quantitative estimate of drug-likeness (QED) is 0.842. The molecule has 1 aliphatic rings. The lowest BCUT2D eigenvalue weighted by molar-refractivity contribution is 0.353. The number of aromatic nitrogens is 4. The fraction of sp³-hybridized carbons (Fsp3) is 0.429. The third-order valence-corrected chi connectivity index (χ3v) is 3.97. The molecule has 3 rings (SSSR count). The van der Waals surface area contributed by atoms with E-state index in [-0.39, 0.29) is 24.5 Å². The minimum Gasteiger partial charge on any atom is -0.480 e. The van der Waals surface area contributed by atoms with Crippen molar-refractivity contribution in [2.45, 2.75) is 12.3 Å². The van der Waals surface area contributed by atoms with Crippen LogP contribution in [0.4, 0.5) is 4.39 Å². The van der Waals surface area contributed by atoms with Crippen molar-refractivity contribution < 1.29 is 13.9 Å². The van der Waals surface area contributed by atoms with Gasteiger partial charge < -0.3 is 9.47 Å². The van der Waals surface area contributed by atoms with Crippen LogP contribution >= 0.6 is 11.6 Å². The van der Waals surface area contributed by atoms with Crippen LogP contribution in [0, 0.1) is 5.92 Å². The van der Waals surface area contributed by atoms with Gasteiger partial charge in [0.05, 0.1) is 26.5 Å². The Balaban J connectivity index is 2.00. The lowest BCUT2D eigenvalue weighted by Crippen LogP contribution is -2.00. The summed E-state index contributed by atoms with van der Waals surface area (Å²) in [5.74, 6) is 0.438. The molecule has 8 heteroatoms. The van der Waals surface area contributed by atoms with Gasteiger partial charge in [0.2, 0.25) is 5.88 Å². The minimum absolute atomic E-state index is 0.0172. The molecule has 1 aliphatic carbocycles. The van der Waals surface area contributed by atoms with Gasteiger partial charge in [0.1, 0.15) is 5.69 Å². The second-order valence-corrected chi connectivity index (χ2v) is 5.37. The van der Waals surface area contributed by atoms with Crippen LogP contribution in [0.5, 0.6) is 11.9 Å². The van der Waals surface area contributed by atoms with Crippen molar-refractivity contribution in [3.8, 4) is 23.1 Å². The maximum atomic E-state index is 12.7. The molecular weight excluding hydrogens is 311 g/mol. The molecule has 116 valence electrons. The molecule has 1 saturated carbocycles. The average molecular weight is 325 g/mol. The number of hydrogen-bond donors (Lipinski definition) is 0. The number of ether oxygens (including phenoxy) is 2. The van der Waals surface area contributed by atoms with E-state index in [4.69, 9.17) is 21.1 Å². The van der Waals surface area contributed by atoms with Gasteiger partial charge in [0, 0.05) is 6.20 Å². The van der Waals surface area contributed by atoms with E-state index < -0.39 is 0 Å². The molecular formula is C14H14ClFN4O2. The van der Waals surface area contributed by atoms with Gasteiger partial charge in [0.25, 0.3) is 0 Å². The monoisotopic (exact) mass is 324 g/mol. The molecule has 0 bridgehead atoms. The zero-order chi connectivity index (χ0) is 15.7. The smallest absolute Gasteiger partial charge is 0.319 e. The molecule has 0 unspecified atom stereocenters. The van der Waals surface area contributed by atoms with Gasteiger partial charge in [-0.05, 0) is 29.9 Å². The zero-order valence-electron chi connectivity index (χ0n) is 12.1. The maximum Gasteiger partial charge on any atom is 0.319 e. The Morgan fingerprint density at radius 2 is 2.14 bits per heavy atom. The van der Waals surface area contributed by atoms with Crippen molar-refractivity contribution in [1.29, 1.82) is 0 Å². The third-order valence-electron chi connectivity index (χ3n) is 3.68. The predicted octanol–water partition coefficient (Wildman–Crippen LogP) is 2.68. The predicted molar refractivity (Wildman–Crippen MR) is 78.0 cm³/mol. The Morgan fingerprint density at radius 3 is 2.77 bits per heavy atom. The molecule has 0 saturated heterocycles. The summed E-state index contributed by atoms with van der Waals surface area (Å²) in [6.07, 6.45) is 2.32. The van der Waals surface area contributed by atoms with E-state index in [1.807, 2.05) is 0 Å². The molecule has 1 fully saturated rings. The van der Waals surface area contributed by atoms with E-state index >= 15 is 0 Å². The Morgan fingerprint density at radius 1 is 1.32 bits per heavy atom. The van der Waals surface area contributed by atoms with Crippen LogP contribution < -0.4 is 9.47 Å². The number of hydrogen-bond acceptors (Lipinski definition) is 6. The van der Waals surface area contributed by atoms with E-state index in [0.717, 1.165) is 12.0 Å². The lowest BCUT2D eigenvalue weighted by Gasteiger charge is -2.09. The van der Waals surface area contributed by atoms with Crippen LogP contribution in [0.2, 0.25) is 5.15 Å². The van der Waals surface area contributed by atoms with Crippen molar-refractivity contribution >= 4 is 11.6 Å². The molecule has 0 radical (unpaired) electrons. The molecule has 22 heavy (non-hydrogen) atoms. The van der Waals surface area contributed by atoms with Crippen LogP contribution in [0.15, 0.2) is 12.3 Å². The molecule has 0 aliphatic heterocycles. The summed E-state index contributed by atoms with van der Waals surface area (Å²) in [6, 6.07) is 1.99. The van der Waals surface area contributed by atoms with Crippen LogP contribution in [0.3, 0.4) is 0 Å². The zero-order valence-corrected chi connectivity index (χ0v) is 12.8. The second kappa shape index (κ2) is 6.00. The van der Waals surface area contributed by atoms with Crippen molar-refractivity contribution in [3.05, 3.63) is 23.0 Å². The molecule has 2 aromatic rings. The molecule has 0 aromatic carbocycles. The van der Waals surface area contributed by atoms with Crippen LogP contribution in [0.25, 0.3) is 11.3 Å². The highest BCUT2D eigenvalue weighted by Gasteiger charge is 2.40. The summed E-state index contributed by atoms with van der Waals surface area (Å²) < 4.78 is 22.9. The van der Waals surface area contributed by atoms with Gasteiger partial charge in [-0.15, -0.1) is 10.2 Å². The van der Waals surface area contributed by atoms with Crippen LogP contribution in [-0.4, -0.2) is 41.1 Å². The molecule has 6 nitrogen and oxygen atoms in total. The topological polar surface area (TPSA) is 70.0 Å². The van der Waals surface area contributed by atoms with Crippen LogP contribution in [-0.2, 0) is 0 Å². The van der Waals surface area contributed by atoms with Gasteiger partial charge in [-0.3, -0.25) is 4.39 Å². The number of halogens is 2. The van der Waals surface area contributed by atoms with Crippen molar-refractivity contribution in [3.63, 3.8) is 0 Å². The molecule has 0 spiro atoms. The minimum atomic E-state index is -0.354. The average Bonchev–Trinajstić information content (AvgIpc) is 3.34. The molecule has 0 N–H and O–H groups in total. The van der Waals surface area contributed by atoms with E-state index in [1.54, 1.807) is 12.3 Å². The largest absolute Gasteiger partial charge is 0.480 e. The Kier molecular flexibility index (Phi) is 4.06. The molecule has 0 amide bonds. The summed E-state index contributed by atoms with van der Waals surface area (Å²) in [6.45, 7) is -0.354. The highest BCUT2D eigenvalue weighted by Crippen LogP contribution is 2.49. The molecule has 2 heterocycles. The third kappa shape index (κ3) is 2.68. The first-order valence-electron chi connectivity index (χ1n) is 6.72. The fourth-order valence-corrected chi connectivity index (χ4v) is 2.59. The van der Waals surface area contributed by atoms with Gasteiger partial charge in [-0.2, -0.15) is 4.98 Å².